The summed E-state index contributed by atoms with van der Waals surface area (Å²) in [5, 5.41) is 0. The van der Waals surface area contributed by atoms with Gasteiger partial charge in [-0.3, -0.25) is 0 Å². The van der Waals surface area contributed by atoms with E-state index in [-0.39, 0.29) is 12.4 Å². The third kappa shape index (κ3) is 9.49. The van der Waals surface area contributed by atoms with Crippen molar-refractivity contribution in [3.05, 3.63) is 11.9 Å². The Bertz CT molecular complexity index is 691. The van der Waals surface area contributed by atoms with E-state index in [0.717, 1.165) is 56.7 Å². The Kier molecular flexibility index (Phi) is 11.9. The van der Waals surface area contributed by atoms with Gasteiger partial charge < -0.3 is 9.47 Å². The van der Waals surface area contributed by atoms with Crippen LogP contribution in [0, 0.1) is 41.4 Å². The maximum absolute atomic E-state index is 13.9. The minimum Gasteiger partial charge on any atom is -0.352 e. The first-order valence-corrected chi connectivity index (χ1v) is 16.0. The van der Waals surface area contributed by atoms with Gasteiger partial charge in [0, 0.05) is 11.8 Å². The summed E-state index contributed by atoms with van der Waals surface area (Å²) in [5.74, 6) is 2.73. The van der Waals surface area contributed by atoms with Crippen LogP contribution in [-0.4, -0.2) is 25.7 Å². The van der Waals surface area contributed by atoms with Crippen LogP contribution in [0.2, 0.25) is 0 Å². The highest BCUT2D eigenvalue weighted by molar-refractivity contribution is 5.03. The molecule has 220 valence electrons. The van der Waals surface area contributed by atoms with E-state index in [0.29, 0.717) is 30.6 Å². The van der Waals surface area contributed by atoms with Gasteiger partial charge in [-0.15, -0.1) is 0 Å². The molecule has 3 aliphatic carbocycles. The Balaban J connectivity index is 1.06. The van der Waals surface area contributed by atoms with Crippen LogP contribution in [0.25, 0.3) is 0 Å². The fourth-order valence-corrected chi connectivity index (χ4v) is 8.09. The monoisotopic (exact) mass is 544 g/mol. The van der Waals surface area contributed by atoms with Crippen molar-refractivity contribution in [1.82, 2.24) is 0 Å². The molecule has 0 aromatic carbocycles. The molecule has 0 aromatic rings. The van der Waals surface area contributed by atoms with Crippen LogP contribution < -0.4 is 0 Å². The first kappa shape index (κ1) is 30.3. The molecule has 2 nitrogen and oxygen atoms in total. The fraction of sp³-hybridized carbons (Fsp3) is 0.938. The SMILES string of the molecule is CCCCCC1CCC(C2COC(CCC3CCC(C4CCC(C(F)=CC(F)(F)F)CC4)CC3)OC2)CC1. The summed E-state index contributed by atoms with van der Waals surface area (Å²) >= 11 is 0. The number of hydrogen-bond donors (Lipinski definition) is 0. The molecular weight excluding hydrogens is 492 g/mol. The van der Waals surface area contributed by atoms with E-state index in [1.165, 1.54) is 77.0 Å². The normalized spacial score (nSPS) is 37.8. The zero-order valence-corrected chi connectivity index (χ0v) is 23.7. The van der Waals surface area contributed by atoms with Gasteiger partial charge in [0.25, 0.3) is 0 Å². The first-order valence-electron chi connectivity index (χ1n) is 16.0. The molecule has 0 N–H and O–H groups in total. The van der Waals surface area contributed by atoms with E-state index in [9.17, 15) is 17.6 Å². The summed E-state index contributed by atoms with van der Waals surface area (Å²) in [6.45, 7) is 4.01. The summed E-state index contributed by atoms with van der Waals surface area (Å²) in [6, 6.07) is 0. The van der Waals surface area contributed by atoms with Crippen molar-refractivity contribution >= 4 is 0 Å². The van der Waals surface area contributed by atoms with Crippen molar-refractivity contribution in [3.63, 3.8) is 0 Å². The summed E-state index contributed by atoms with van der Waals surface area (Å²) in [6.07, 6.45) is 16.1. The molecule has 4 fully saturated rings. The third-order valence-electron chi connectivity index (χ3n) is 10.6. The Morgan fingerprint density at radius 2 is 1.16 bits per heavy atom. The van der Waals surface area contributed by atoms with Crippen molar-refractivity contribution in [2.75, 3.05) is 13.2 Å². The highest BCUT2D eigenvalue weighted by Gasteiger charge is 2.35. The van der Waals surface area contributed by atoms with E-state index in [4.69, 9.17) is 9.47 Å². The maximum atomic E-state index is 13.9. The highest BCUT2D eigenvalue weighted by Crippen LogP contribution is 2.44. The number of hydrogen-bond acceptors (Lipinski definition) is 2. The molecule has 4 aliphatic rings. The molecule has 1 heterocycles. The topological polar surface area (TPSA) is 18.5 Å². The number of alkyl halides is 3. The maximum Gasteiger partial charge on any atom is 0.412 e. The Morgan fingerprint density at radius 3 is 1.68 bits per heavy atom. The van der Waals surface area contributed by atoms with Gasteiger partial charge >= 0.3 is 6.18 Å². The summed E-state index contributed by atoms with van der Waals surface area (Å²) < 4.78 is 63.7. The van der Waals surface area contributed by atoms with Crippen molar-refractivity contribution in [3.8, 4) is 0 Å². The van der Waals surface area contributed by atoms with Crippen molar-refractivity contribution < 1.29 is 27.0 Å². The number of ether oxygens (including phenoxy) is 2. The lowest BCUT2D eigenvalue weighted by Gasteiger charge is -2.39. The Morgan fingerprint density at radius 1 is 0.658 bits per heavy atom. The van der Waals surface area contributed by atoms with E-state index in [1.54, 1.807) is 0 Å². The Hall–Kier alpha value is -0.620. The predicted molar refractivity (Wildman–Crippen MR) is 144 cm³/mol. The van der Waals surface area contributed by atoms with Crippen LogP contribution in [0.1, 0.15) is 122 Å². The lowest BCUT2D eigenvalue weighted by molar-refractivity contribution is -0.213. The predicted octanol–water partition coefficient (Wildman–Crippen LogP) is 10.2. The minimum absolute atomic E-state index is 0.0377. The standard InChI is InChI=1S/C32H52F4O2/c1-2-3-4-5-23-6-13-27(14-7-23)29-21-37-31(38-22-29)19-10-24-8-11-25(12-9-24)26-15-17-28(18-16-26)30(33)20-32(34,35)36/h20,23-29,31H,2-19,21-22H2,1H3. The highest BCUT2D eigenvalue weighted by atomic mass is 19.4. The van der Waals surface area contributed by atoms with E-state index in [2.05, 4.69) is 6.92 Å². The van der Waals surface area contributed by atoms with Gasteiger partial charge in [0.2, 0.25) is 0 Å². The zero-order chi connectivity index (χ0) is 27.0. The first-order chi connectivity index (χ1) is 18.3. The van der Waals surface area contributed by atoms with Crippen molar-refractivity contribution in [2.45, 2.75) is 135 Å². The molecule has 0 atom stereocenters. The number of unbranched alkanes of at least 4 members (excludes halogenated alkanes) is 2. The molecule has 0 bridgehead atoms. The second-order valence-electron chi connectivity index (χ2n) is 13.2. The van der Waals surface area contributed by atoms with Gasteiger partial charge in [0.1, 0.15) is 5.83 Å². The number of allylic oxidation sites excluding steroid dienone is 2. The van der Waals surface area contributed by atoms with E-state index >= 15 is 0 Å². The van der Waals surface area contributed by atoms with Gasteiger partial charge in [0.05, 0.1) is 19.3 Å². The molecular formula is C32H52F4O2. The van der Waals surface area contributed by atoms with E-state index < -0.39 is 17.9 Å². The number of halogens is 4. The van der Waals surface area contributed by atoms with E-state index in [1.807, 2.05) is 0 Å². The third-order valence-corrected chi connectivity index (χ3v) is 10.6. The van der Waals surface area contributed by atoms with Gasteiger partial charge in [-0.25, -0.2) is 4.39 Å². The fourth-order valence-electron chi connectivity index (χ4n) is 8.09. The zero-order valence-electron chi connectivity index (χ0n) is 23.7. The van der Waals surface area contributed by atoms with Crippen molar-refractivity contribution in [2.24, 2.45) is 41.4 Å². The smallest absolute Gasteiger partial charge is 0.352 e. The summed E-state index contributed by atoms with van der Waals surface area (Å²) in [4.78, 5) is 0. The van der Waals surface area contributed by atoms with Gasteiger partial charge in [0.15, 0.2) is 6.29 Å². The van der Waals surface area contributed by atoms with Crippen molar-refractivity contribution in [1.29, 1.82) is 0 Å². The summed E-state index contributed by atoms with van der Waals surface area (Å²) in [5.41, 5.74) is 0. The van der Waals surface area contributed by atoms with Crippen LogP contribution in [0.5, 0.6) is 0 Å². The molecule has 1 aliphatic heterocycles. The summed E-state index contributed by atoms with van der Waals surface area (Å²) in [7, 11) is 0. The lowest BCUT2D eigenvalue weighted by Crippen LogP contribution is -2.37. The Labute approximate surface area is 228 Å². The molecule has 0 amide bonds. The molecule has 0 unspecified atom stereocenters. The number of rotatable bonds is 10. The second-order valence-corrected chi connectivity index (χ2v) is 13.2. The quantitative estimate of drug-likeness (QED) is 0.201. The molecule has 4 rings (SSSR count). The van der Waals surface area contributed by atoms with Crippen LogP contribution in [0.3, 0.4) is 0 Å². The molecule has 0 aromatic heterocycles. The van der Waals surface area contributed by atoms with Crippen LogP contribution >= 0.6 is 0 Å². The van der Waals surface area contributed by atoms with Gasteiger partial charge in [-0.05, 0) is 93.8 Å². The van der Waals surface area contributed by atoms with Crippen LogP contribution in [0.4, 0.5) is 17.6 Å². The van der Waals surface area contributed by atoms with Crippen LogP contribution in [0.15, 0.2) is 11.9 Å². The lowest BCUT2D eigenvalue weighted by atomic mass is 9.68. The molecule has 38 heavy (non-hydrogen) atoms. The molecule has 6 heteroatoms. The minimum atomic E-state index is -4.55. The largest absolute Gasteiger partial charge is 0.412 e. The molecule has 0 radical (unpaired) electrons. The second kappa shape index (κ2) is 14.8. The average Bonchev–Trinajstić information content (AvgIpc) is 2.92. The molecule has 3 saturated carbocycles. The van der Waals surface area contributed by atoms with Gasteiger partial charge in [-0.1, -0.05) is 58.3 Å². The van der Waals surface area contributed by atoms with Gasteiger partial charge in [-0.2, -0.15) is 13.2 Å². The average molecular weight is 545 g/mol. The molecule has 1 saturated heterocycles. The molecule has 0 spiro atoms. The van der Waals surface area contributed by atoms with Crippen LogP contribution in [-0.2, 0) is 9.47 Å².